The molecule has 0 aromatic heterocycles. The largest absolute Gasteiger partial charge is 0.497 e. The van der Waals surface area contributed by atoms with Gasteiger partial charge in [0.15, 0.2) is 0 Å². The van der Waals surface area contributed by atoms with E-state index in [9.17, 15) is 0 Å². The maximum absolute atomic E-state index is 6.32. The molecule has 2 aromatic rings. The van der Waals surface area contributed by atoms with Crippen molar-refractivity contribution in [2.75, 3.05) is 45.3 Å². The number of nitrogens with one attached hydrogen (secondary N) is 1. The molecule has 0 unspecified atom stereocenters. The number of rotatable bonds is 5. The first-order valence-electron chi connectivity index (χ1n) is 8.25. The minimum Gasteiger partial charge on any atom is -0.497 e. The van der Waals surface area contributed by atoms with Gasteiger partial charge in [-0.25, -0.2) is 0 Å². The van der Waals surface area contributed by atoms with Crippen molar-refractivity contribution in [3.63, 3.8) is 0 Å². The first-order valence-corrected chi connectivity index (χ1v) is 8.63. The van der Waals surface area contributed by atoms with E-state index >= 15 is 0 Å². The number of anilines is 1. The summed E-state index contributed by atoms with van der Waals surface area (Å²) in [5, 5.41) is 0.829. The van der Waals surface area contributed by atoms with Crippen molar-refractivity contribution in [2.45, 2.75) is 6.54 Å². The normalized spacial score (nSPS) is 15.4. The zero-order valence-corrected chi connectivity index (χ0v) is 15.0. The highest BCUT2D eigenvalue weighted by Gasteiger charge is 2.22. The molecule has 0 spiro atoms. The van der Waals surface area contributed by atoms with Gasteiger partial charge < -0.3 is 19.3 Å². The lowest BCUT2D eigenvalue weighted by Crippen LogP contribution is -3.13. The molecule has 1 fully saturated rings. The Bertz CT molecular complexity index is 685. The van der Waals surface area contributed by atoms with E-state index in [1.165, 1.54) is 5.56 Å². The van der Waals surface area contributed by atoms with Crippen molar-refractivity contribution >= 4 is 17.3 Å². The van der Waals surface area contributed by atoms with E-state index in [0.29, 0.717) is 0 Å². The molecule has 1 aliphatic rings. The lowest BCUT2D eigenvalue weighted by atomic mass is 10.1. The van der Waals surface area contributed by atoms with Gasteiger partial charge in [0, 0.05) is 0 Å². The van der Waals surface area contributed by atoms with Crippen molar-refractivity contribution in [2.24, 2.45) is 0 Å². The molecule has 1 saturated heterocycles. The van der Waals surface area contributed by atoms with Crippen molar-refractivity contribution in [1.82, 2.24) is 0 Å². The highest BCUT2D eigenvalue weighted by Crippen LogP contribution is 2.25. The van der Waals surface area contributed by atoms with E-state index in [0.717, 1.165) is 54.9 Å². The molecule has 0 radical (unpaired) electrons. The van der Waals surface area contributed by atoms with Gasteiger partial charge in [0.05, 0.1) is 56.7 Å². The molecular weight excluding hydrogens is 324 g/mol. The zero-order valence-electron chi connectivity index (χ0n) is 14.2. The molecular formula is C19H24ClN2O2+. The average molecular weight is 348 g/mol. The molecule has 4 nitrogen and oxygen atoms in total. The fourth-order valence-electron chi connectivity index (χ4n) is 3.24. The molecule has 0 bridgehead atoms. The summed E-state index contributed by atoms with van der Waals surface area (Å²) in [6, 6.07) is 14.1. The Morgan fingerprint density at radius 2 is 1.79 bits per heavy atom. The van der Waals surface area contributed by atoms with Gasteiger partial charge in [-0.1, -0.05) is 23.7 Å². The Kier molecular flexibility index (Phi) is 5.48. The third-order valence-electron chi connectivity index (χ3n) is 4.59. The van der Waals surface area contributed by atoms with Gasteiger partial charge in [0.25, 0.3) is 0 Å². The smallest absolute Gasteiger partial charge is 0.127 e. The molecule has 0 atom stereocenters. The lowest BCUT2D eigenvalue weighted by molar-refractivity contribution is -0.914. The molecule has 24 heavy (non-hydrogen) atoms. The second-order valence-electron chi connectivity index (χ2n) is 6.04. The second kappa shape index (κ2) is 7.77. The van der Waals surface area contributed by atoms with Crippen molar-refractivity contribution in [3.8, 4) is 11.5 Å². The molecule has 3 rings (SSSR count). The van der Waals surface area contributed by atoms with E-state index in [1.807, 2.05) is 30.3 Å². The number of ether oxygens (including phenoxy) is 2. The Morgan fingerprint density at radius 3 is 2.46 bits per heavy atom. The fraction of sp³-hybridized carbons (Fsp3) is 0.368. The van der Waals surface area contributed by atoms with E-state index < -0.39 is 0 Å². The Hall–Kier alpha value is -1.91. The SMILES string of the molecule is COc1ccc(OC)c(C[NH+]2CCN(c3ccccc3Cl)CC2)c1. The Balaban J connectivity index is 1.64. The number of benzene rings is 2. The van der Waals surface area contributed by atoms with E-state index in [1.54, 1.807) is 19.1 Å². The summed E-state index contributed by atoms with van der Waals surface area (Å²) in [6.07, 6.45) is 0. The van der Waals surface area contributed by atoms with Crippen LogP contribution >= 0.6 is 11.6 Å². The van der Waals surface area contributed by atoms with Crippen LogP contribution in [0.1, 0.15) is 5.56 Å². The summed E-state index contributed by atoms with van der Waals surface area (Å²) in [7, 11) is 3.41. The van der Waals surface area contributed by atoms with Gasteiger partial charge >= 0.3 is 0 Å². The quantitative estimate of drug-likeness (QED) is 0.898. The summed E-state index contributed by atoms with van der Waals surface area (Å²) >= 11 is 6.32. The number of piperazine rings is 1. The van der Waals surface area contributed by atoms with Gasteiger partial charge in [-0.05, 0) is 30.3 Å². The number of hydrogen-bond donors (Lipinski definition) is 1. The van der Waals surface area contributed by atoms with E-state index in [2.05, 4.69) is 17.0 Å². The van der Waals surface area contributed by atoms with E-state index in [4.69, 9.17) is 21.1 Å². The van der Waals surface area contributed by atoms with Crippen LogP contribution in [0.15, 0.2) is 42.5 Å². The predicted octanol–water partition coefficient (Wildman–Crippen LogP) is 2.26. The number of hydrogen-bond acceptors (Lipinski definition) is 3. The van der Waals surface area contributed by atoms with Gasteiger partial charge in [-0.2, -0.15) is 0 Å². The topological polar surface area (TPSA) is 26.1 Å². The summed E-state index contributed by atoms with van der Waals surface area (Å²) in [6.45, 7) is 5.10. The Labute approximate surface area is 148 Å². The van der Waals surface area contributed by atoms with Crippen LogP contribution in [0.5, 0.6) is 11.5 Å². The van der Waals surface area contributed by atoms with Crippen LogP contribution in [0.25, 0.3) is 0 Å². The van der Waals surface area contributed by atoms with Gasteiger partial charge in [-0.3, -0.25) is 0 Å². The Morgan fingerprint density at radius 1 is 1.04 bits per heavy atom. The molecule has 1 aliphatic heterocycles. The van der Waals surface area contributed by atoms with Gasteiger partial charge in [-0.15, -0.1) is 0 Å². The molecule has 128 valence electrons. The maximum Gasteiger partial charge on any atom is 0.127 e. The van der Waals surface area contributed by atoms with Gasteiger partial charge in [0.1, 0.15) is 18.0 Å². The maximum atomic E-state index is 6.32. The predicted molar refractivity (Wildman–Crippen MR) is 97.6 cm³/mol. The average Bonchev–Trinajstić information content (AvgIpc) is 2.63. The van der Waals surface area contributed by atoms with Crippen LogP contribution in [0, 0.1) is 0 Å². The molecule has 1 N–H and O–H groups in total. The first kappa shape index (κ1) is 16.9. The summed E-state index contributed by atoms with van der Waals surface area (Å²) in [4.78, 5) is 3.92. The van der Waals surface area contributed by atoms with Crippen LogP contribution in [-0.4, -0.2) is 40.4 Å². The standard InChI is InChI=1S/C19H23ClN2O2/c1-23-16-7-8-19(24-2)15(13-16)14-21-9-11-22(12-10-21)18-6-4-3-5-17(18)20/h3-8,13H,9-12,14H2,1-2H3/p+1. The molecule has 0 amide bonds. The van der Waals surface area contributed by atoms with Crippen LogP contribution in [0.2, 0.25) is 5.02 Å². The first-order chi connectivity index (χ1) is 11.7. The monoisotopic (exact) mass is 347 g/mol. The second-order valence-corrected chi connectivity index (χ2v) is 6.45. The highest BCUT2D eigenvalue weighted by atomic mass is 35.5. The summed E-state index contributed by atoms with van der Waals surface area (Å²) in [5.41, 5.74) is 2.33. The zero-order chi connectivity index (χ0) is 16.9. The van der Waals surface area contributed by atoms with Crippen molar-refractivity contribution in [3.05, 3.63) is 53.1 Å². The minimum atomic E-state index is 0.829. The number of halogens is 1. The number of quaternary nitrogens is 1. The number of methoxy groups -OCH3 is 2. The number of nitrogens with zero attached hydrogens (tertiary/aromatic N) is 1. The lowest BCUT2D eigenvalue weighted by Gasteiger charge is -2.34. The molecule has 0 aliphatic carbocycles. The molecule has 0 saturated carbocycles. The van der Waals surface area contributed by atoms with Crippen LogP contribution < -0.4 is 19.3 Å². The van der Waals surface area contributed by atoms with Crippen LogP contribution in [0.3, 0.4) is 0 Å². The third-order valence-corrected chi connectivity index (χ3v) is 4.91. The highest BCUT2D eigenvalue weighted by molar-refractivity contribution is 6.33. The molecule has 2 aromatic carbocycles. The fourth-order valence-corrected chi connectivity index (χ4v) is 3.49. The third kappa shape index (κ3) is 3.77. The number of para-hydroxylation sites is 1. The van der Waals surface area contributed by atoms with Crippen LogP contribution in [-0.2, 0) is 6.54 Å². The van der Waals surface area contributed by atoms with Gasteiger partial charge in [0.2, 0.25) is 0 Å². The van der Waals surface area contributed by atoms with Crippen molar-refractivity contribution < 1.29 is 14.4 Å². The summed E-state index contributed by atoms with van der Waals surface area (Å²) in [5.74, 6) is 1.80. The molecule has 1 heterocycles. The van der Waals surface area contributed by atoms with E-state index in [-0.39, 0.29) is 0 Å². The van der Waals surface area contributed by atoms with Crippen molar-refractivity contribution in [1.29, 1.82) is 0 Å². The summed E-state index contributed by atoms with van der Waals surface area (Å²) < 4.78 is 10.8. The molecule has 5 heteroatoms. The minimum absolute atomic E-state index is 0.829. The van der Waals surface area contributed by atoms with Crippen LogP contribution in [0.4, 0.5) is 5.69 Å².